The van der Waals surface area contributed by atoms with E-state index in [2.05, 4.69) is 10.6 Å². The van der Waals surface area contributed by atoms with Gasteiger partial charge in [0.05, 0.1) is 11.4 Å². The Morgan fingerprint density at radius 3 is 2.27 bits per heavy atom. The molecule has 7 heteroatoms. The molecule has 0 bridgehead atoms. The van der Waals surface area contributed by atoms with Crippen LogP contribution in [0.3, 0.4) is 0 Å². The number of nitrogens with zero attached hydrogens (tertiary/aromatic N) is 1. The molecule has 3 rings (SSSR count). The van der Waals surface area contributed by atoms with Crippen molar-refractivity contribution in [2.75, 3.05) is 29.5 Å². The molecule has 4 N–H and O–H groups in total. The second-order valence-corrected chi connectivity index (χ2v) is 6.20. The third-order valence-electron chi connectivity index (χ3n) is 4.32. The predicted molar refractivity (Wildman–Crippen MR) is 107 cm³/mol. The summed E-state index contributed by atoms with van der Waals surface area (Å²) < 4.78 is 0. The number of halogens is 1. The topological polar surface area (TPSA) is 87.5 Å². The van der Waals surface area contributed by atoms with Crippen molar-refractivity contribution in [3.05, 3.63) is 53.6 Å². The highest BCUT2D eigenvalue weighted by Gasteiger charge is 2.19. The van der Waals surface area contributed by atoms with Gasteiger partial charge in [0.2, 0.25) is 0 Å². The summed E-state index contributed by atoms with van der Waals surface area (Å²) in [4.78, 5) is 26.7. The van der Waals surface area contributed by atoms with E-state index >= 15 is 0 Å². The standard InChI is InChI=1S/C19H22N4O2.ClH/c1-13-8-9-14(20)12-15(13)18(24)21-16-6-2-3-7-17(16)22-19(25)23-10-4-5-11-23;/h2-3,6-9,12H,4-5,10-11,20H2,1H3,(H,21,24)(H,22,25);1H. The molecule has 0 unspecified atom stereocenters. The molecule has 1 saturated heterocycles. The Morgan fingerprint density at radius 2 is 1.62 bits per heavy atom. The van der Waals surface area contributed by atoms with Gasteiger partial charge in [-0.25, -0.2) is 4.79 Å². The zero-order valence-corrected chi connectivity index (χ0v) is 15.4. The molecule has 3 amide bonds. The zero-order chi connectivity index (χ0) is 17.8. The molecule has 0 spiro atoms. The van der Waals surface area contributed by atoms with E-state index in [1.165, 1.54) is 0 Å². The Labute approximate surface area is 159 Å². The molecule has 0 radical (unpaired) electrons. The Bertz CT molecular complexity index is 804. The summed E-state index contributed by atoms with van der Waals surface area (Å²) in [5.74, 6) is -0.257. The number of para-hydroxylation sites is 2. The maximum Gasteiger partial charge on any atom is 0.321 e. The molecule has 1 aliphatic heterocycles. The first-order valence-electron chi connectivity index (χ1n) is 8.37. The molecule has 1 fully saturated rings. The first-order valence-corrected chi connectivity index (χ1v) is 8.37. The molecular formula is C19H23ClN4O2. The van der Waals surface area contributed by atoms with E-state index in [0.29, 0.717) is 22.6 Å². The number of nitrogens with two attached hydrogens (primary N) is 1. The van der Waals surface area contributed by atoms with Crippen molar-refractivity contribution in [3.8, 4) is 0 Å². The maximum absolute atomic E-state index is 12.6. The number of anilines is 3. The summed E-state index contributed by atoms with van der Waals surface area (Å²) in [6.45, 7) is 3.39. The molecular weight excluding hydrogens is 352 g/mol. The van der Waals surface area contributed by atoms with Gasteiger partial charge in [0.25, 0.3) is 5.91 Å². The van der Waals surface area contributed by atoms with Gasteiger partial charge in [-0.2, -0.15) is 0 Å². The number of hydrogen-bond donors (Lipinski definition) is 3. The lowest BCUT2D eigenvalue weighted by molar-refractivity contribution is 0.102. The summed E-state index contributed by atoms with van der Waals surface area (Å²) in [5.41, 5.74) is 8.80. The van der Waals surface area contributed by atoms with Gasteiger partial charge in [-0.1, -0.05) is 18.2 Å². The highest BCUT2D eigenvalue weighted by Crippen LogP contribution is 2.24. The lowest BCUT2D eigenvalue weighted by Gasteiger charge is -2.18. The molecule has 6 nitrogen and oxygen atoms in total. The average Bonchev–Trinajstić information content (AvgIpc) is 3.13. The van der Waals surface area contributed by atoms with Crippen molar-refractivity contribution in [1.29, 1.82) is 0 Å². The third kappa shape index (κ3) is 4.46. The predicted octanol–water partition coefficient (Wildman–Crippen LogP) is 3.88. The largest absolute Gasteiger partial charge is 0.399 e. The molecule has 1 heterocycles. The quantitative estimate of drug-likeness (QED) is 0.712. The van der Waals surface area contributed by atoms with E-state index in [1.54, 1.807) is 29.2 Å². The van der Waals surface area contributed by atoms with Crippen LogP contribution in [0.4, 0.5) is 21.9 Å². The van der Waals surface area contributed by atoms with Gasteiger partial charge in [-0.3, -0.25) is 4.79 Å². The Hall–Kier alpha value is -2.73. The van der Waals surface area contributed by atoms with Crippen LogP contribution in [-0.4, -0.2) is 29.9 Å². The Kier molecular flexibility index (Phi) is 6.46. The Morgan fingerprint density at radius 1 is 1.00 bits per heavy atom. The summed E-state index contributed by atoms with van der Waals surface area (Å²) >= 11 is 0. The molecule has 26 heavy (non-hydrogen) atoms. The SMILES string of the molecule is Cc1ccc(N)cc1C(=O)Nc1ccccc1NC(=O)N1CCCC1.Cl. The van der Waals surface area contributed by atoms with Gasteiger partial charge in [0.1, 0.15) is 0 Å². The Balaban J connectivity index is 0.00000243. The normalized spacial score (nSPS) is 13.0. The van der Waals surface area contributed by atoms with Crippen molar-refractivity contribution in [3.63, 3.8) is 0 Å². The van der Waals surface area contributed by atoms with Crippen LogP contribution in [0.2, 0.25) is 0 Å². The summed E-state index contributed by atoms with van der Waals surface area (Å²) in [6, 6.07) is 12.3. The van der Waals surface area contributed by atoms with E-state index < -0.39 is 0 Å². The van der Waals surface area contributed by atoms with Crippen molar-refractivity contribution in [1.82, 2.24) is 4.90 Å². The van der Waals surface area contributed by atoms with Crippen LogP contribution in [0, 0.1) is 6.92 Å². The van der Waals surface area contributed by atoms with E-state index in [-0.39, 0.29) is 24.3 Å². The minimum absolute atomic E-state index is 0. The number of nitrogens with one attached hydrogen (secondary N) is 2. The lowest BCUT2D eigenvalue weighted by Crippen LogP contribution is -2.32. The number of carbonyl (C=O) groups is 2. The molecule has 0 aromatic heterocycles. The van der Waals surface area contributed by atoms with Gasteiger partial charge in [-0.15, -0.1) is 12.4 Å². The number of aryl methyl sites for hydroxylation is 1. The monoisotopic (exact) mass is 374 g/mol. The van der Waals surface area contributed by atoms with E-state index in [9.17, 15) is 9.59 Å². The van der Waals surface area contributed by atoms with Crippen molar-refractivity contribution >= 4 is 41.4 Å². The minimum atomic E-state index is -0.257. The van der Waals surface area contributed by atoms with E-state index in [4.69, 9.17) is 5.73 Å². The number of rotatable bonds is 3. The first kappa shape index (κ1) is 19.6. The van der Waals surface area contributed by atoms with Crippen LogP contribution in [0.5, 0.6) is 0 Å². The number of urea groups is 1. The third-order valence-corrected chi connectivity index (χ3v) is 4.32. The lowest BCUT2D eigenvalue weighted by atomic mass is 10.1. The van der Waals surface area contributed by atoms with Crippen LogP contribution >= 0.6 is 12.4 Å². The first-order chi connectivity index (χ1) is 12.0. The van der Waals surface area contributed by atoms with Crippen LogP contribution in [-0.2, 0) is 0 Å². The highest BCUT2D eigenvalue weighted by molar-refractivity contribution is 6.08. The van der Waals surface area contributed by atoms with Crippen LogP contribution in [0.15, 0.2) is 42.5 Å². The fraction of sp³-hybridized carbons (Fsp3) is 0.263. The fourth-order valence-corrected chi connectivity index (χ4v) is 2.89. The number of hydrogen-bond acceptors (Lipinski definition) is 3. The number of carbonyl (C=O) groups excluding carboxylic acids is 2. The van der Waals surface area contributed by atoms with Crippen molar-refractivity contribution in [2.45, 2.75) is 19.8 Å². The second kappa shape index (κ2) is 8.58. The van der Waals surface area contributed by atoms with E-state index in [0.717, 1.165) is 31.5 Å². The number of nitrogen functional groups attached to an aromatic ring is 1. The van der Waals surface area contributed by atoms with Gasteiger partial charge in [0.15, 0.2) is 0 Å². The number of benzene rings is 2. The zero-order valence-electron chi connectivity index (χ0n) is 14.6. The van der Waals surface area contributed by atoms with Crippen LogP contribution in [0.1, 0.15) is 28.8 Å². The number of amides is 3. The summed E-state index contributed by atoms with van der Waals surface area (Å²) in [7, 11) is 0. The van der Waals surface area contributed by atoms with Crippen LogP contribution < -0.4 is 16.4 Å². The molecule has 0 aliphatic carbocycles. The smallest absolute Gasteiger partial charge is 0.321 e. The van der Waals surface area contributed by atoms with Gasteiger partial charge < -0.3 is 21.3 Å². The minimum Gasteiger partial charge on any atom is -0.399 e. The molecule has 1 aliphatic rings. The number of likely N-dealkylation sites (tertiary alicyclic amines) is 1. The summed E-state index contributed by atoms with van der Waals surface area (Å²) in [5, 5.41) is 5.75. The van der Waals surface area contributed by atoms with Crippen LogP contribution in [0.25, 0.3) is 0 Å². The van der Waals surface area contributed by atoms with Crippen molar-refractivity contribution < 1.29 is 9.59 Å². The molecule has 2 aromatic rings. The van der Waals surface area contributed by atoms with Crippen molar-refractivity contribution in [2.24, 2.45) is 0 Å². The van der Waals surface area contributed by atoms with Gasteiger partial charge in [-0.05, 0) is 49.6 Å². The van der Waals surface area contributed by atoms with Gasteiger partial charge in [0, 0.05) is 24.3 Å². The molecule has 2 aromatic carbocycles. The maximum atomic E-state index is 12.6. The average molecular weight is 375 g/mol. The second-order valence-electron chi connectivity index (χ2n) is 6.20. The fourth-order valence-electron chi connectivity index (χ4n) is 2.89. The van der Waals surface area contributed by atoms with E-state index in [1.807, 2.05) is 25.1 Å². The molecule has 0 saturated carbocycles. The molecule has 0 atom stereocenters. The molecule has 138 valence electrons. The highest BCUT2D eigenvalue weighted by atomic mass is 35.5. The van der Waals surface area contributed by atoms with Gasteiger partial charge >= 0.3 is 6.03 Å². The summed E-state index contributed by atoms with van der Waals surface area (Å²) in [6.07, 6.45) is 2.06.